The van der Waals surface area contributed by atoms with E-state index in [4.69, 9.17) is 16.0 Å². The van der Waals surface area contributed by atoms with Crippen LogP contribution in [0.3, 0.4) is 0 Å². The predicted octanol–water partition coefficient (Wildman–Crippen LogP) is 2.36. The molecule has 2 amide bonds. The van der Waals surface area contributed by atoms with Gasteiger partial charge in [0.2, 0.25) is 23.5 Å². The van der Waals surface area contributed by atoms with Crippen LogP contribution < -0.4 is 11.5 Å². The molecule has 2 aromatic heterocycles. The van der Waals surface area contributed by atoms with E-state index in [0.717, 1.165) is 24.1 Å². The topological polar surface area (TPSA) is 138 Å². The lowest BCUT2D eigenvalue weighted by Crippen LogP contribution is -2.21. The summed E-state index contributed by atoms with van der Waals surface area (Å²) in [5.74, 6) is -0.678. The predicted molar refractivity (Wildman–Crippen MR) is 100 cm³/mol. The summed E-state index contributed by atoms with van der Waals surface area (Å²) in [5.41, 5.74) is 13.6. The molecule has 1 aromatic carbocycles. The molecule has 1 fully saturated rings. The second-order valence-electron chi connectivity index (χ2n) is 6.92. The zero-order valence-corrected chi connectivity index (χ0v) is 15.3. The summed E-state index contributed by atoms with van der Waals surface area (Å²) < 4.78 is 5.43. The van der Waals surface area contributed by atoms with Crippen molar-refractivity contribution in [1.29, 1.82) is 0 Å². The van der Waals surface area contributed by atoms with Crippen molar-refractivity contribution in [3.63, 3.8) is 0 Å². The number of benzene rings is 1. The Kier molecular flexibility index (Phi) is 4.38. The van der Waals surface area contributed by atoms with Crippen LogP contribution in [-0.2, 0) is 0 Å². The van der Waals surface area contributed by atoms with E-state index in [-0.39, 0.29) is 17.0 Å². The number of carbonyl (C=O) groups is 2. The van der Waals surface area contributed by atoms with Gasteiger partial charge in [-0.15, -0.1) is 0 Å². The normalized spacial score (nSPS) is 14.6. The molecule has 0 saturated heterocycles. The molecule has 1 unspecified atom stereocenters. The number of hydrogen-bond acceptors (Lipinski definition) is 6. The fourth-order valence-electron chi connectivity index (χ4n) is 3.30. The maximum absolute atomic E-state index is 11.9. The second-order valence-corrected chi connectivity index (χ2v) is 6.92. The van der Waals surface area contributed by atoms with Crippen molar-refractivity contribution in [2.45, 2.75) is 31.6 Å². The first-order valence-corrected chi connectivity index (χ1v) is 8.98. The van der Waals surface area contributed by atoms with Gasteiger partial charge < -0.3 is 16.0 Å². The number of amides is 2. The van der Waals surface area contributed by atoms with Gasteiger partial charge in [-0.2, -0.15) is 4.98 Å². The summed E-state index contributed by atoms with van der Waals surface area (Å²) in [5, 5.41) is 4.06. The van der Waals surface area contributed by atoms with Gasteiger partial charge in [0, 0.05) is 34.5 Å². The Morgan fingerprint density at radius 3 is 2.43 bits per heavy atom. The van der Waals surface area contributed by atoms with Crippen LogP contribution >= 0.6 is 0 Å². The molecule has 28 heavy (non-hydrogen) atoms. The molecular formula is C20H19N5O3. The van der Waals surface area contributed by atoms with Gasteiger partial charge in [-0.1, -0.05) is 11.2 Å². The summed E-state index contributed by atoms with van der Waals surface area (Å²) in [6, 6.07) is 8.43. The van der Waals surface area contributed by atoms with Crippen LogP contribution in [0, 0.1) is 0 Å². The van der Waals surface area contributed by atoms with Crippen molar-refractivity contribution in [1.82, 2.24) is 15.1 Å². The van der Waals surface area contributed by atoms with Crippen LogP contribution in [0.1, 0.15) is 69.5 Å². The van der Waals surface area contributed by atoms with E-state index in [2.05, 4.69) is 15.1 Å². The number of carbonyl (C=O) groups excluding carboxylic acids is 2. The van der Waals surface area contributed by atoms with Gasteiger partial charge in [-0.05, 0) is 49.6 Å². The molecule has 0 radical (unpaired) electrons. The summed E-state index contributed by atoms with van der Waals surface area (Å²) >= 11 is 0. The molecule has 8 nitrogen and oxygen atoms in total. The lowest BCUT2D eigenvalue weighted by atomic mass is 9.90. The van der Waals surface area contributed by atoms with Crippen LogP contribution in [-0.4, -0.2) is 26.9 Å². The van der Waals surface area contributed by atoms with Crippen molar-refractivity contribution in [2.75, 3.05) is 0 Å². The lowest BCUT2D eigenvalue weighted by Gasteiger charge is -2.14. The molecule has 0 bridgehead atoms. The molecule has 3 aromatic rings. The molecule has 4 N–H and O–H groups in total. The van der Waals surface area contributed by atoms with Gasteiger partial charge in [0.05, 0.1) is 5.92 Å². The molecule has 1 saturated carbocycles. The molecule has 0 spiro atoms. The van der Waals surface area contributed by atoms with Crippen molar-refractivity contribution in [2.24, 2.45) is 11.5 Å². The highest BCUT2D eigenvalue weighted by atomic mass is 16.5. The maximum Gasteiger partial charge on any atom is 0.249 e. The van der Waals surface area contributed by atoms with Crippen LogP contribution in [0.4, 0.5) is 0 Å². The minimum atomic E-state index is -0.659. The minimum Gasteiger partial charge on any atom is -0.366 e. The Balaban J connectivity index is 1.72. The van der Waals surface area contributed by atoms with E-state index in [1.165, 1.54) is 0 Å². The fraction of sp³-hybridized carbons (Fsp3) is 0.250. The molecule has 4 rings (SSSR count). The van der Waals surface area contributed by atoms with Crippen LogP contribution in [0.2, 0.25) is 0 Å². The summed E-state index contributed by atoms with van der Waals surface area (Å²) in [6.07, 6.45) is 4.02. The Labute approximate surface area is 161 Å². The Bertz CT molecular complexity index is 1040. The Hall–Kier alpha value is -3.55. The summed E-state index contributed by atoms with van der Waals surface area (Å²) in [7, 11) is 0. The summed E-state index contributed by atoms with van der Waals surface area (Å²) in [6.45, 7) is 1.76. The number of nitrogens with zero attached hydrogens (tertiary/aromatic N) is 3. The van der Waals surface area contributed by atoms with Crippen molar-refractivity contribution in [3.05, 3.63) is 64.8 Å². The van der Waals surface area contributed by atoms with Crippen molar-refractivity contribution >= 4 is 11.8 Å². The third-order valence-corrected chi connectivity index (χ3v) is 4.92. The van der Waals surface area contributed by atoms with E-state index in [1.54, 1.807) is 31.3 Å². The monoisotopic (exact) mass is 377 g/mol. The quantitative estimate of drug-likeness (QED) is 0.676. The van der Waals surface area contributed by atoms with Gasteiger partial charge in [-0.25, -0.2) is 0 Å². The average Bonchev–Trinajstić information content (AvgIpc) is 3.43. The highest BCUT2D eigenvalue weighted by Gasteiger charge is 2.27. The highest BCUT2D eigenvalue weighted by Crippen LogP contribution is 2.39. The molecule has 1 aliphatic carbocycles. The summed E-state index contributed by atoms with van der Waals surface area (Å²) in [4.78, 5) is 32.6. The number of rotatable bonds is 6. The SMILES string of the molecule is CC(c1nc(-c2ccnc(C3CC3)c2)no1)c1c(C(N)=O)cccc1C(N)=O. The number of hydrogen-bond donors (Lipinski definition) is 2. The highest BCUT2D eigenvalue weighted by molar-refractivity contribution is 6.01. The molecule has 2 heterocycles. The molecule has 1 aliphatic rings. The van der Waals surface area contributed by atoms with Gasteiger partial charge in [-0.3, -0.25) is 14.6 Å². The lowest BCUT2D eigenvalue weighted by molar-refractivity contribution is 0.0999. The van der Waals surface area contributed by atoms with Crippen LogP contribution in [0.15, 0.2) is 41.1 Å². The standard InChI is InChI=1S/C20H19N5O3/c1-10(16-13(17(21)26)3-2-4-14(16)18(22)27)20-24-19(25-28-20)12-7-8-23-15(9-12)11-5-6-11/h2-4,7-11H,5-6H2,1H3,(H2,21,26)(H2,22,27). The van der Waals surface area contributed by atoms with Crippen molar-refractivity contribution < 1.29 is 14.1 Å². The molecule has 8 heteroatoms. The average molecular weight is 377 g/mol. The third-order valence-electron chi connectivity index (χ3n) is 4.92. The number of nitrogens with two attached hydrogens (primary N) is 2. The zero-order valence-electron chi connectivity index (χ0n) is 15.3. The first kappa shape index (κ1) is 17.8. The zero-order chi connectivity index (χ0) is 19.8. The number of pyridine rings is 1. The van der Waals surface area contributed by atoms with E-state index in [0.29, 0.717) is 17.3 Å². The largest absolute Gasteiger partial charge is 0.366 e. The first-order chi connectivity index (χ1) is 13.5. The molecular weight excluding hydrogens is 358 g/mol. The van der Waals surface area contributed by atoms with E-state index < -0.39 is 17.7 Å². The number of primary amides is 2. The molecule has 1 atom stereocenters. The second kappa shape index (κ2) is 6.88. The van der Waals surface area contributed by atoms with E-state index in [9.17, 15) is 9.59 Å². The van der Waals surface area contributed by atoms with Gasteiger partial charge in [0.15, 0.2) is 0 Å². The number of aromatic nitrogens is 3. The maximum atomic E-state index is 11.9. The minimum absolute atomic E-state index is 0.198. The Morgan fingerprint density at radius 2 is 1.82 bits per heavy atom. The van der Waals surface area contributed by atoms with Gasteiger partial charge >= 0.3 is 0 Å². The van der Waals surface area contributed by atoms with Gasteiger partial charge in [0.1, 0.15) is 0 Å². The van der Waals surface area contributed by atoms with Crippen LogP contribution in [0.25, 0.3) is 11.4 Å². The first-order valence-electron chi connectivity index (χ1n) is 8.98. The molecule has 142 valence electrons. The third kappa shape index (κ3) is 3.24. The van der Waals surface area contributed by atoms with Crippen molar-refractivity contribution in [3.8, 4) is 11.4 Å². The fourth-order valence-corrected chi connectivity index (χ4v) is 3.30. The van der Waals surface area contributed by atoms with Gasteiger partial charge in [0.25, 0.3) is 0 Å². The smallest absolute Gasteiger partial charge is 0.249 e. The molecule has 0 aliphatic heterocycles. The van der Waals surface area contributed by atoms with Crippen LogP contribution in [0.5, 0.6) is 0 Å². The van der Waals surface area contributed by atoms with E-state index in [1.807, 2.05) is 12.1 Å². The Morgan fingerprint density at radius 1 is 1.14 bits per heavy atom. The van der Waals surface area contributed by atoms with E-state index >= 15 is 0 Å².